The SMILES string of the molecule is CCOC(=O)c1ncnc(Cc2ccc3ccccc3c2)c1C. The predicted octanol–water partition coefficient (Wildman–Crippen LogP) is 3.71. The van der Waals surface area contributed by atoms with Crippen LogP contribution in [0, 0.1) is 6.92 Å². The summed E-state index contributed by atoms with van der Waals surface area (Å²) in [6.07, 6.45) is 2.08. The first-order valence-electron chi connectivity index (χ1n) is 7.64. The van der Waals surface area contributed by atoms with Gasteiger partial charge in [-0.3, -0.25) is 0 Å². The van der Waals surface area contributed by atoms with E-state index in [0.717, 1.165) is 16.8 Å². The zero-order chi connectivity index (χ0) is 16.2. The van der Waals surface area contributed by atoms with Crippen molar-refractivity contribution in [3.8, 4) is 0 Å². The fraction of sp³-hybridized carbons (Fsp3) is 0.211. The smallest absolute Gasteiger partial charge is 0.357 e. The molecule has 2 aromatic carbocycles. The molecule has 0 aliphatic rings. The van der Waals surface area contributed by atoms with E-state index in [1.165, 1.54) is 17.1 Å². The summed E-state index contributed by atoms with van der Waals surface area (Å²) in [7, 11) is 0. The summed E-state index contributed by atoms with van der Waals surface area (Å²) in [5.74, 6) is -0.396. The lowest BCUT2D eigenvalue weighted by molar-refractivity contribution is 0.0518. The van der Waals surface area contributed by atoms with Gasteiger partial charge in [-0.05, 0) is 30.2 Å². The zero-order valence-corrected chi connectivity index (χ0v) is 13.2. The Bertz CT molecular complexity index is 859. The second-order valence-electron chi connectivity index (χ2n) is 5.37. The molecule has 4 heteroatoms. The number of rotatable bonds is 4. The number of carbonyl (C=O) groups excluding carboxylic acids is 1. The molecular formula is C19H18N2O2. The van der Waals surface area contributed by atoms with Gasteiger partial charge in [-0.2, -0.15) is 0 Å². The normalized spacial score (nSPS) is 10.7. The summed E-state index contributed by atoms with van der Waals surface area (Å²) in [4.78, 5) is 20.3. The largest absolute Gasteiger partial charge is 0.461 e. The number of esters is 1. The number of hydrogen-bond donors (Lipinski definition) is 0. The van der Waals surface area contributed by atoms with Crippen LogP contribution in [0.1, 0.15) is 34.2 Å². The summed E-state index contributed by atoms with van der Waals surface area (Å²) >= 11 is 0. The Balaban J connectivity index is 1.92. The molecule has 23 heavy (non-hydrogen) atoms. The van der Waals surface area contributed by atoms with Gasteiger partial charge in [0.25, 0.3) is 0 Å². The number of benzene rings is 2. The van der Waals surface area contributed by atoms with Crippen molar-refractivity contribution in [2.75, 3.05) is 6.61 Å². The summed E-state index contributed by atoms with van der Waals surface area (Å²) in [6.45, 7) is 3.98. The summed E-state index contributed by atoms with van der Waals surface area (Å²) in [5, 5.41) is 2.41. The molecule has 3 aromatic rings. The van der Waals surface area contributed by atoms with Crippen molar-refractivity contribution in [2.45, 2.75) is 20.3 Å². The van der Waals surface area contributed by atoms with Gasteiger partial charge in [0.05, 0.1) is 12.3 Å². The van der Waals surface area contributed by atoms with E-state index in [-0.39, 0.29) is 0 Å². The van der Waals surface area contributed by atoms with Crippen LogP contribution in [0.15, 0.2) is 48.8 Å². The molecular weight excluding hydrogens is 288 g/mol. The monoisotopic (exact) mass is 306 g/mol. The van der Waals surface area contributed by atoms with Crippen molar-refractivity contribution in [1.82, 2.24) is 9.97 Å². The summed E-state index contributed by atoms with van der Waals surface area (Å²) in [5.41, 5.74) is 3.12. The van der Waals surface area contributed by atoms with Crippen LogP contribution >= 0.6 is 0 Å². The van der Waals surface area contributed by atoms with E-state index in [1.54, 1.807) is 6.92 Å². The summed E-state index contributed by atoms with van der Waals surface area (Å²) in [6, 6.07) is 14.6. The van der Waals surface area contributed by atoms with Gasteiger partial charge in [0.15, 0.2) is 5.69 Å². The van der Waals surface area contributed by atoms with Gasteiger partial charge >= 0.3 is 5.97 Å². The van der Waals surface area contributed by atoms with Crippen LogP contribution < -0.4 is 0 Å². The van der Waals surface area contributed by atoms with Crippen molar-refractivity contribution >= 4 is 16.7 Å². The minimum Gasteiger partial charge on any atom is -0.461 e. The second-order valence-corrected chi connectivity index (χ2v) is 5.37. The maximum atomic E-state index is 11.9. The van der Waals surface area contributed by atoms with Crippen LogP contribution in [0.2, 0.25) is 0 Å². The van der Waals surface area contributed by atoms with Crippen LogP contribution in [-0.2, 0) is 11.2 Å². The van der Waals surface area contributed by atoms with Gasteiger partial charge in [0.1, 0.15) is 6.33 Å². The first kappa shape index (κ1) is 15.2. The molecule has 3 rings (SSSR count). The molecule has 0 amide bonds. The zero-order valence-electron chi connectivity index (χ0n) is 13.2. The minimum atomic E-state index is -0.396. The summed E-state index contributed by atoms with van der Waals surface area (Å²) < 4.78 is 5.04. The lowest BCUT2D eigenvalue weighted by atomic mass is 10.0. The fourth-order valence-corrected chi connectivity index (χ4v) is 2.61. The molecule has 0 aliphatic carbocycles. The van der Waals surface area contributed by atoms with Crippen molar-refractivity contribution in [2.24, 2.45) is 0 Å². The van der Waals surface area contributed by atoms with Crippen LogP contribution in [-0.4, -0.2) is 22.5 Å². The molecule has 0 radical (unpaired) electrons. The third kappa shape index (κ3) is 3.21. The predicted molar refractivity (Wildman–Crippen MR) is 89.5 cm³/mol. The Morgan fingerprint density at radius 2 is 1.87 bits per heavy atom. The quantitative estimate of drug-likeness (QED) is 0.690. The maximum Gasteiger partial charge on any atom is 0.357 e. The molecule has 0 unspecified atom stereocenters. The number of ether oxygens (including phenoxy) is 1. The number of fused-ring (bicyclic) bond motifs is 1. The third-order valence-corrected chi connectivity index (χ3v) is 3.84. The molecule has 0 spiro atoms. The molecule has 116 valence electrons. The molecule has 0 aliphatic heterocycles. The lowest BCUT2D eigenvalue weighted by Crippen LogP contribution is -2.12. The highest BCUT2D eigenvalue weighted by molar-refractivity contribution is 5.89. The van der Waals surface area contributed by atoms with E-state index < -0.39 is 5.97 Å². The standard InChI is InChI=1S/C19H18N2O2/c1-3-23-19(22)18-13(2)17(20-12-21-18)11-14-8-9-15-6-4-5-7-16(15)10-14/h4-10,12H,3,11H2,1-2H3. The van der Waals surface area contributed by atoms with Crippen LogP contribution in [0.25, 0.3) is 10.8 Å². The van der Waals surface area contributed by atoms with E-state index in [2.05, 4.69) is 40.3 Å². The highest BCUT2D eigenvalue weighted by Gasteiger charge is 2.15. The van der Waals surface area contributed by atoms with Gasteiger partial charge in [-0.15, -0.1) is 0 Å². The van der Waals surface area contributed by atoms with E-state index in [9.17, 15) is 4.79 Å². The van der Waals surface area contributed by atoms with E-state index in [1.807, 2.05) is 19.1 Å². The molecule has 0 saturated carbocycles. The average Bonchev–Trinajstić information content (AvgIpc) is 2.57. The average molecular weight is 306 g/mol. The first-order chi connectivity index (χ1) is 11.2. The van der Waals surface area contributed by atoms with Gasteiger partial charge < -0.3 is 4.74 Å². The molecule has 1 aromatic heterocycles. The molecule has 0 saturated heterocycles. The van der Waals surface area contributed by atoms with Crippen molar-refractivity contribution in [3.05, 3.63) is 71.3 Å². The van der Waals surface area contributed by atoms with Crippen LogP contribution in [0.3, 0.4) is 0 Å². The Morgan fingerprint density at radius 1 is 1.09 bits per heavy atom. The molecule has 0 fully saturated rings. The molecule has 0 bridgehead atoms. The lowest BCUT2D eigenvalue weighted by Gasteiger charge is -2.09. The Hall–Kier alpha value is -2.75. The van der Waals surface area contributed by atoms with Crippen LogP contribution in [0.5, 0.6) is 0 Å². The van der Waals surface area contributed by atoms with Gasteiger partial charge in [0.2, 0.25) is 0 Å². The van der Waals surface area contributed by atoms with Crippen molar-refractivity contribution < 1.29 is 9.53 Å². The third-order valence-electron chi connectivity index (χ3n) is 3.84. The Labute approximate surface area is 135 Å². The number of aromatic nitrogens is 2. The highest BCUT2D eigenvalue weighted by atomic mass is 16.5. The molecule has 1 heterocycles. The van der Waals surface area contributed by atoms with Crippen LogP contribution in [0.4, 0.5) is 0 Å². The Kier molecular flexibility index (Phi) is 4.33. The van der Waals surface area contributed by atoms with E-state index >= 15 is 0 Å². The van der Waals surface area contributed by atoms with E-state index in [0.29, 0.717) is 18.7 Å². The van der Waals surface area contributed by atoms with Gasteiger partial charge in [-0.1, -0.05) is 42.5 Å². The van der Waals surface area contributed by atoms with Gasteiger partial charge in [-0.25, -0.2) is 14.8 Å². The molecule has 4 nitrogen and oxygen atoms in total. The number of carbonyl (C=O) groups is 1. The topological polar surface area (TPSA) is 52.1 Å². The highest BCUT2D eigenvalue weighted by Crippen LogP contribution is 2.19. The van der Waals surface area contributed by atoms with Gasteiger partial charge in [0, 0.05) is 12.0 Å². The number of nitrogens with zero attached hydrogens (tertiary/aromatic N) is 2. The van der Waals surface area contributed by atoms with E-state index in [4.69, 9.17) is 4.74 Å². The van der Waals surface area contributed by atoms with Crippen molar-refractivity contribution in [3.63, 3.8) is 0 Å². The first-order valence-corrected chi connectivity index (χ1v) is 7.64. The maximum absolute atomic E-state index is 11.9. The fourth-order valence-electron chi connectivity index (χ4n) is 2.61. The van der Waals surface area contributed by atoms with Crippen molar-refractivity contribution in [1.29, 1.82) is 0 Å². The number of hydrogen-bond acceptors (Lipinski definition) is 4. The Morgan fingerprint density at radius 3 is 2.65 bits per heavy atom. The molecule has 0 atom stereocenters. The second kappa shape index (κ2) is 6.57. The molecule has 0 N–H and O–H groups in total. The minimum absolute atomic E-state index is 0.336.